The van der Waals surface area contributed by atoms with E-state index in [1.54, 1.807) is 35.9 Å². The minimum Gasteiger partial charge on any atom is -0.359 e. The van der Waals surface area contributed by atoms with Gasteiger partial charge in [-0.1, -0.05) is 0 Å². The van der Waals surface area contributed by atoms with Crippen molar-refractivity contribution >= 4 is 17.2 Å². The first-order valence-corrected chi connectivity index (χ1v) is 6.04. The monoisotopic (exact) mass is 244 g/mol. The molecule has 86 valence electrons. The molecule has 0 aliphatic carbocycles. The molecule has 2 rings (SSSR count). The largest absolute Gasteiger partial charge is 0.359 e. The lowest BCUT2D eigenvalue weighted by Gasteiger charge is -2.24. The lowest BCUT2D eigenvalue weighted by Crippen LogP contribution is -2.28. The Hall–Kier alpha value is -1.93. The molecule has 17 heavy (non-hydrogen) atoms. The van der Waals surface area contributed by atoms with E-state index in [1.165, 1.54) is 0 Å². The van der Waals surface area contributed by atoms with Crippen LogP contribution in [0.5, 0.6) is 0 Å². The van der Waals surface area contributed by atoms with E-state index in [-0.39, 0.29) is 5.54 Å². The lowest BCUT2D eigenvalue weighted by atomic mass is 10.1. The van der Waals surface area contributed by atoms with Crippen LogP contribution in [-0.2, 0) is 5.54 Å². The zero-order valence-electron chi connectivity index (χ0n) is 9.64. The molecule has 0 aliphatic rings. The van der Waals surface area contributed by atoms with Gasteiger partial charge in [0.15, 0.2) is 0 Å². The molecule has 0 fully saturated rings. The molecule has 0 saturated carbocycles. The molecular formula is C12H12N4S. The molecule has 0 bridgehead atoms. The Morgan fingerprint density at radius 1 is 1.35 bits per heavy atom. The van der Waals surface area contributed by atoms with Gasteiger partial charge in [0.25, 0.3) is 0 Å². The fraction of sp³-hybridized carbons (Fsp3) is 0.250. The Balaban J connectivity index is 2.23. The summed E-state index contributed by atoms with van der Waals surface area (Å²) in [6.07, 6.45) is 3.40. The second kappa shape index (κ2) is 4.52. The number of nitriles is 1. The molecule has 0 saturated heterocycles. The molecule has 2 heterocycles. The van der Waals surface area contributed by atoms with Crippen molar-refractivity contribution in [3.05, 3.63) is 40.5 Å². The van der Waals surface area contributed by atoms with Crippen molar-refractivity contribution in [3.63, 3.8) is 0 Å². The van der Waals surface area contributed by atoms with Gasteiger partial charge in [-0.3, -0.25) is 0 Å². The first-order valence-electron chi connectivity index (χ1n) is 5.16. The van der Waals surface area contributed by atoms with Gasteiger partial charge in [-0.05, 0) is 26.0 Å². The normalized spacial score (nSPS) is 10.9. The van der Waals surface area contributed by atoms with Crippen LogP contribution in [0.15, 0.2) is 29.9 Å². The fourth-order valence-corrected chi connectivity index (χ4v) is 2.19. The van der Waals surface area contributed by atoms with Crippen molar-refractivity contribution < 1.29 is 0 Å². The number of thiazole rings is 1. The molecule has 0 aromatic carbocycles. The molecule has 2 aromatic heterocycles. The molecule has 0 unspecified atom stereocenters. The maximum Gasteiger partial charge on any atom is 0.127 e. The highest BCUT2D eigenvalue weighted by atomic mass is 32.1. The molecule has 0 amide bonds. The summed E-state index contributed by atoms with van der Waals surface area (Å²) >= 11 is 1.59. The quantitative estimate of drug-likeness (QED) is 0.901. The minimum atomic E-state index is -0.296. The average Bonchev–Trinajstić information content (AvgIpc) is 2.83. The van der Waals surface area contributed by atoms with Gasteiger partial charge in [0.1, 0.15) is 10.8 Å². The number of pyridine rings is 1. The Bertz CT molecular complexity index is 540. The number of anilines is 1. The van der Waals surface area contributed by atoms with Crippen molar-refractivity contribution in [3.8, 4) is 6.07 Å². The smallest absolute Gasteiger partial charge is 0.127 e. The van der Waals surface area contributed by atoms with Crippen molar-refractivity contribution in [2.75, 3.05) is 5.32 Å². The average molecular weight is 244 g/mol. The van der Waals surface area contributed by atoms with E-state index in [4.69, 9.17) is 5.26 Å². The SMILES string of the molecule is CC(C)(Nc1cc(C#N)ccn1)c1nccs1. The van der Waals surface area contributed by atoms with Gasteiger partial charge in [0, 0.05) is 17.8 Å². The van der Waals surface area contributed by atoms with Gasteiger partial charge < -0.3 is 5.32 Å². The maximum absolute atomic E-state index is 8.83. The number of aromatic nitrogens is 2. The number of nitrogens with zero attached hydrogens (tertiary/aromatic N) is 3. The third-order valence-corrected chi connectivity index (χ3v) is 3.39. The molecule has 1 N–H and O–H groups in total. The zero-order valence-corrected chi connectivity index (χ0v) is 10.5. The standard InChI is InChI=1S/C12H12N4S/c1-12(2,11-15-5-6-17-11)16-10-7-9(8-13)3-4-14-10/h3-7H,1-2H3,(H,14,16). The van der Waals surface area contributed by atoms with Crippen molar-refractivity contribution in [2.45, 2.75) is 19.4 Å². The highest BCUT2D eigenvalue weighted by Crippen LogP contribution is 2.26. The predicted molar refractivity (Wildman–Crippen MR) is 67.7 cm³/mol. The lowest BCUT2D eigenvalue weighted by molar-refractivity contribution is 0.601. The van der Waals surface area contributed by atoms with Gasteiger partial charge in [0.2, 0.25) is 0 Å². The van der Waals surface area contributed by atoms with Crippen LogP contribution in [0.2, 0.25) is 0 Å². The number of hydrogen-bond acceptors (Lipinski definition) is 5. The van der Waals surface area contributed by atoms with Gasteiger partial charge in [-0.2, -0.15) is 5.26 Å². The fourth-order valence-electron chi connectivity index (χ4n) is 1.47. The van der Waals surface area contributed by atoms with Crippen LogP contribution >= 0.6 is 11.3 Å². The molecule has 4 nitrogen and oxygen atoms in total. The van der Waals surface area contributed by atoms with Crippen molar-refractivity contribution in [1.29, 1.82) is 5.26 Å². The van der Waals surface area contributed by atoms with Crippen LogP contribution in [0.4, 0.5) is 5.82 Å². The summed E-state index contributed by atoms with van der Waals surface area (Å²) in [4.78, 5) is 8.49. The highest BCUT2D eigenvalue weighted by Gasteiger charge is 2.23. The third-order valence-electron chi connectivity index (χ3n) is 2.30. The Labute approximate surface area is 104 Å². The van der Waals surface area contributed by atoms with Gasteiger partial charge >= 0.3 is 0 Å². The van der Waals surface area contributed by atoms with E-state index in [9.17, 15) is 0 Å². The van der Waals surface area contributed by atoms with Crippen LogP contribution in [0.25, 0.3) is 0 Å². The zero-order chi connectivity index (χ0) is 12.3. The summed E-state index contributed by atoms with van der Waals surface area (Å²) in [7, 11) is 0. The second-order valence-corrected chi connectivity index (χ2v) is 5.02. The molecule has 5 heteroatoms. The summed E-state index contributed by atoms with van der Waals surface area (Å²) in [5.74, 6) is 0.684. The Morgan fingerprint density at radius 3 is 2.82 bits per heavy atom. The van der Waals surface area contributed by atoms with Crippen LogP contribution in [-0.4, -0.2) is 9.97 Å². The number of rotatable bonds is 3. The van der Waals surface area contributed by atoms with Crippen LogP contribution in [0.3, 0.4) is 0 Å². The Kier molecular flexibility index (Phi) is 3.07. The summed E-state index contributed by atoms with van der Waals surface area (Å²) in [6, 6.07) is 5.51. The van der Waals surface area contributed by atoms with Crippen molar-refractivity contribution in [1.82, 2.24) is 9.97 Å². The third kappa shape index (κ3) is 2.60. The molecular weight excluding hydrogens is 232 g/mol. The molecule has 0 atom stereocenters. The summed E-state index contributed by atoms with van der Waals surface area (Å²) in [6.45, 7) is 4.07. The Morgan fingerprint density at radius 2 is 2.18 bits per heavy atom. The van der Waals surface area contributed by atoms with Gasteiger partial charge in [-0.25, -0.2) is 9.97 Å². The highest BCUT2D eigenvalue weighted by molar-refractivity contribution is 7.09. The van der Waals surface area contributed by atoms with Gasteiger partial charge in [-0.15, -0.1) is 11.3 Å². The van der Waals surface area contributed by atoms with E-state index in [1.807, 2.05) is 19.2 Å². The van der Waals surface area contributed by atoms with Crippen LogP contribution in [0, 0.1) is 11.3 Å². The molecule has 0 spiro atoms. The summed E-state index contributed by atoms with van der Waals surface area (Å²) in [5, 5.41) is 15.0. The molecule has 2 aromatic rings. The van der Waals surface area contributed by atoms with E-state index in [0.29, 0.717) is 11.4 Å². The van der Waals surface area contributed by atoms with E-state index < -0.39 is 0 Å². The number of nitrogens with one attached hydrogen (secondary N) is 1. The first-order chi connectivity index (χ1) is 8.12. The van der Waals surface area contributed by atoms with Crippen LogP contribution in [0.1, 0.15) is 24.4 Å². The topological polar surface area (TPSA) is 61.6 Å². The van der Waals surface area contributed by atoms with E-state index >= 15 is 0 Å². The van der Waals surface area contributed by atoms with Crippen molar-refractivity contribution in [2.24, 2.45) is 0 Å². The minimum absolute atomic E-state index is 0.296. The second-order valence-electron chi connectivity index (χ2n) is 4.13. The summed E-state index contributed by atoms with van der Waals surface area (Å²) < 4.78 is 0. The summed E-state index contributed by atoms with van der Waals surface area (Å²) in [5.41, 5.74) is 0.298. The van der Waals surface area contributed by atoms with Crippen LogP contribution < -0.4 is 5.32 Å². The molecule has 0 aliphatic heterocycles. The molecule has 0 radical (unpaired) electrons. The van der Waals surface area contributed by atoms with E-state index in [0.717, 1.165) is 5.01 Å². The van der Waals surface area contributed by atoms with Gasteiger partial charge in [0.05, 0.1) is 17.2 Å². The number of hydrogen-bond donors (Lipinski definition) is 1. The predicted octanol–water partition coefficient (Wildman–Crippen LogP) is 2.76. The van der Waals surface area contributed by atoms with E-state index in [2.05, 4.69) is 21.4 Å². The first kappa shape index (κ1) is 11.6. The maximum atomic E-state index is 8.83.